The SMILES string of the molecule is Cc1cc(C)c(OCCCCC#N)c(S(=O)(=O)Cl)c1. The van der Waals surface area contributed by atoms with Gasteiger partial charge in [-0.15, -0.1) is 0 Å². The molecule has 0 aliphatic rings. The standard InChI is InChI=1S/C13H16ClNO3S/c1-10-8-11(2)13(12(9-10)19(14,16)17)18-7-5-3-4-6-15/h8-9H,3-5,7H2,1-2H3. The van der Waals surface area contributed by atoms with E-state index in [0.29, 0.717) is 25.2 Å². The van der Waals surface area contributed by atoms with E-state index in [1.54, 1.807) is 13.8 Å². The highest BCUT2D eigenvalue weighted by Crippen LogP contribution is 2.31. The normalized spacial score (nSPS) is 11.1. The molecule has 0 aliphatic heterocycles. The van der Waals surface area contributed by atoms with Crippen LogP contribution in [0.15, 0.2) is 17.0 Å². The maximum absolute atomic E-state index is 11.5. The zero-order valence-corrected chi connectivity index (χ0v) is 12.5. The molecule has 0 bridgehead atoms. The van der Waals surface area contributed by atoms with Crippen molar-refractivity contribution in [3.05, 3.63) is 23.3 Å². The van der Waals surface area contributed by atoms with Crippen molar-refractivity contribution in [3.8, 4) is 11.8 Å². The van der Waals surface area contributed by atoms with Gasteiger partial charge < -0.3 is 4.74 Å². The van der Waals surface area contributed by atoms with E-state index in [-0.39, 0.29) is 4.90 Å². The molecular weight excluding hydrogens is 286 g/mol. The highest BCUT2D eigenvalue weighted by molar-refractivity contribution is 8.13. The summed E-state index contributed by atoms with van der Waals surface area (Å²) in [6.07, 6.45) is 1.89. The summed E-state index contributed by atoms with van der Waals surface area (Å²) in [5.41, 5.74) is 1.55. The minimum absolute atomic E-state index is 0.00644. The summed E-state index contributed by atoms with van der Waals surface area (Å²) in [5.74, 6) is 0.303. The summed E-state index contributed by atoms with van der Waals surface area (Å²) in [4.78, 5) is 0.00644. The lowest BCUT2D eigenvalue weighted by Crippen LogP contribution is -2.04. The van der Waals surface area contributed by atoms with Crippen LogP contribution in [-0.2, 0) is 9.05 Å². The maximum Gasteiger partial charge on any atom is 0.265 e. The zero-order valence-electron chi connectivity index (χ0n) is 10.9. The third-order valence-electron chi connectivity index (χ3n) is 2.58. The van der Waals surface area contributed by atoms with Crippen molar-refractivity contribution in [2.24, 2.45) is 0 Å². The molecule has 0 spiro atoms. The zero-order chi connectivity index (χ0) is 14.5. The van der Waals surface area contributed by atoms with Gasteiger partial charge in [0.05, 0.1) is 12.7 Å². The number of nitriles is 1. The third-order valence-corrected chi connectivity index (χ3v) is 3.90. The van der Waals surface area contributed by atoms with Gasteiger partial charge in [0, 0.05) is 17.1 Å². The van der Waals surface area contributed by atoms with Crippen LogP contribution in [0.2, 0.25) is 0 Å². The Morgan fingerprint density at radius 2 is 2.00 bits per heavy atom. The molecule has 0 aromatic heterocycles. The van der Waals surface area contributed by atoms with Gasteiger partial charge in [0.2, 0.25) is 0 Å². The smallest absolute Gasteiger partial charge is 0.265 e. The van der Waals surface area contributed by atoms with Crippen molar-refractivity contribution in [1.82, 2.24) is 0 Å². The molecule has 0 saturated heterocycles. The quantitative estimate of drug-likeness (QED) is 0.597. The van der Waals surface area contributed by atoms with E-state index in [1.165, 1.54) is 6.07 Å². The predicted molar refractivity (Wildman–Crippen MR) is 73.9 cm³/mol. The number of unbranched alkanes of at least 4 members (excludes halogenated alkanes) is 2. The van der Waals surface area contributed by atoms with Crippen molar-refractivity contribution in [1.29, 1.82) is 5.26 Å². The molecule has 0 aliphatic carbocycles. The summed E-state index contributed by atoms with van der Waals surface area (Å²) in [6.45, 7) is 3.95. The van der Waals surface area contributed by atoms with E-state index >= 15 is 0 Å². The van der Waals surface area contributed by atoms with E-state index < -0.39 is 9.05 Å². The van der Waals surface area contributed by atoms with Crippen molar-refractivity contribution in [2.45, 2.75) is 38.0 Å². The molecule has 0 heterocycles. The van der Waals surface area contributed by atoms with Crippen LogP contribution in [-0.4, -0.2) is 15.0 Å². The number of benzene rings is 1. The Labute approximate surface area is 118 Å². The number of hydrogen-bond donors (Lipinski definition) is 0. The van der Waals surface area contributed by atoms with E-state index in [9.17, 15) is 8.42 Å². The lowest BCUT2D eigenvalue weighted by Gasteiger charge is -2.13. The van der Waals surface area contributed by atoms with Gasteiger partial charge in [0.15, 0.2) is 0 Å². The van der Waals surface area contributed by atoms with E-state index in [1.807, 2.05) is 12.1 Å². The fraction of sp³-hybridized carbons (Fsp3) is 0.462. The molecule has 1 rings (SSSR count). The number of rotatable bonds is 6. The molecule has 0 amide bonds. The van der Waals surface area contributed by atoms with Crippen LogP contribution in [0.3, 0.4) is 0 Å². The first-order chi connectivity index (χ1) is 8.86. The molecule has 104 valence electrons. The topological polar surface area (TPSA) is 67.2 Å². The molecule has 1 aromatic rings. The Kier molecular flexibility index (Phi) is 5.64. The summed E-state index contributed by atoms with van der Waals surface area (Å²) in [7, 11) is 1.59. The first-order valence-electron chi connectivity index (χ1n) is 5.92. The van der Waals surface area contributed by atoms with E-state index in [0.717, 1.165) is 17.5 Å². The van der Waals surface area contributed by atoms with Crippen molar-refractivity contribution in [2.75, 3.05) is 6.61 Å². The lowest BCUT2D eigenvalue weighted by molar-refractivity contribution is 0.298. The highest BCUT2D eigenvalue weighted by atomic mass is 35.7. The van der Waals surface area contributed by atoms with Crippen molar-refractivity contribution >= 4 is 19.7 Å². The number of hydrogen-bond acceptors (Lipinski definition) is 4. The molecule has 0 N–H and O–H groups in total. The lowest BCUT2D eigenvalue weighted by atomic mass is 10.1. The van der Waals surface area contributed by atoms with E-state index in [2.05, 4.69) is 0 Å². The Balaban J connectivity index is 2.91. The van der Waals surface area contributed by atoms with Crippen LogP contribution < -0.4 is 4.74 Å². The number of nitrogens with zero attached hydrogens (tertiary/aromatic N) is 1. The molecule has 6 heteroatoms. The molecular formula is C13H16ClNO3S. The number of aryl methyl sites for hydroxylation is 2. The average molecular weight is 302 g/mol. The second-order valence-corrected chi connectivity index (χ2v) is 6.84. The van der Waals surface area contributed by atoms with Crippen LogP contribution in [0.1, 0.15) is 30.4 Å². The van der Waals surface area contributed by atoms with Gasteiger partial charge in [-0.3, -0.25) is 0 Å². The van der Waals surface area contributed by atoms with Crippen molar-refractivity contribution in [3.63, 3.8) is 0 Å². The van der Waals surface area contributed by atoms with Gasteiger partial charge in [-0.2, -0.15) is 5.26 Å². The Bertz CT molecular complexity index is 591. The molecule has 0 atom stereocenters. The van der Waals surface area contributed by atoms with Gasteiger partial charge in [-0.05, 0) is 43.9 Å². The second kappa shape index (κ2) is 6.78. The molecule has 19 heavy (non-hydrogen) atoms. The Morgan fingerprint density at radius 1 is 1.32 bits per heavy atom. The highest BCUT2D eigenvalue weighted by Gasteiger charge is 2.19. The van der Waals surface area contributed by atoms with Gasteiger partial charge in [-0.25, -0.2) is 8.42 Å². The monoisotopic (exact) mass is 301 g/mol. The first kappa shape index (κ1) is 15.8. The molecule has 0 saturated carbocycles. The molecule has 0 unspecified atom stereocenters. The average Bonchev–Trinajstić information content (AvgIpc) is 2.29. The van der Waals surface area contributed by atoms with E-state index in [4.69, 9.17) is 20.7 Å². The predicted octanol–water partition coefficient (Wildman–Crippen LogP) is 3.30. The van der Waals surface area contributed by atoms with Crippen LogP contribution >= 0.6 is 10.7 Å². The van der Waals surface area contributed by atoms with Crippen LogP contribution in [0, 0.1) is 25.2 Å². The summed E-state index contributed by atoms with van der Waals surface area (Å²) < 4.78 is 28.6. The van der Waals surface area contributed by atoms with Crippen molar-refractivity contribution < 1.29 is 13.2 Å². The summed E-state index contributed by atoms with van der Waals surface area (Å²) >= 11 is 0. The minimum Gasteiger partial charge on any atom is -0.492 e. The van der Waals surface area contributed by atoms with Crippen LogP contribution in [0.4, 0.5) is 0 Å². The fourth-order valence-electron chi connectivity index (χ4n) is 1.76. The largest absolute Gasteiger partial charge is 0.492 e. The number of ether oxygens (including phenoxy) is 1. The van der Waals surface area contributed by atoms with Gasteiger partial charge in [0.1, 0.15) is 10.6 Å². The molecule has 0 fully saturated rings. The first-order valence-corrected chi connectivity index (χ1v) is 8.23. The second-order valence-electron chi connectivity index (χ2n) is 4.31. The van der Waals surface area contributed by atoms with Gasteiger partial charge in [0.25, 0.3) is 9.05 Å². The fourth-order valence-corrected chi connectivity index (χ4v) is 2.87. The Hall–Kier alpha value is -1.25. The molecule has 0 radical (unpaired) electrons. The maximum atomic E-state index is 11.5. The number of halogens is 1. The third kappa shape index (κ3) is 4.73. The van der Waals surface area contributed by atoms with Gasteiger partial charge in [-0.1, -0.05) is 6.07 Å². The van der Waals surface area contributed by atoms with Crippen LogP contribution in [0.25, 0.3) is 0 Å². The van der Waals surface area contributed by atoms with Gasteiger partial charge >= 0.3 is 0 Å². The molecule has 4 nitrogen and oxygen atoms in total. The Morgan fingerprint density at radius 3 is 2.58 bits per heavy atom. The molecule has 1 aromatic carbocycles. The minimum atomic E-state index is -3.83. The summed E-state index contributed by atoms with van der Waals surface area (Å²) in [5, 5.41) is 8.42. The van der Waals surface area contributed by atoms with Crippen LogP contribution in [0.5, 0.6) is 5.75 Å². The summed E-state index contributed by atoms with van der Waals surface area (Å²) in [6, 6.07) is 5.39.